The summed E-state index contributed by atoms with van der Waals surface area (Å²) in [5.41, 5.74) is 0. The Morgan fingerprint density at radius 1 is 1.28 bits per heavy atom. The first-order valence-corrected chi connectivity index (χ1v) is 7.35. The molecule has 96 valence electrons. The third-order valence-corrected chi connectivity index (χ3v) is 3.36. The summed E-state index contributed by atoms with van der Waals surface area (Å²) in [5, 5.41) is 0.0687. The van der Waals surface area contributed by atoms with Crippen LogP contribution in [0.3, 0.4) is 0 Å². The van der Waals surface area contributed by atoms with Crippen molar-refractivity contribution in [2.24, 2.45) is 0 Å². The molecule has 0 aliphatic rings. The number of hydrogen-bond acceptors (Lipinski definition) is 4. The zero-order chi connectivity index (χ0) is 13.0. The zero-order valence-electron chi connectivity index (χ0n) is 9.98. The minimum Gasteiger partial charge on any atom is -0.492 e. The van der Waals surface area contributed by atoms with Crippen LogP contribution in [0, 0.1) is 0 Å². The molecule has 18 heavy (non-hydrogen) atoms. The second-order valence-electron chi connectivity index (χ2n) is 3.84. The predicted octanol–water partition coefficient (Wildman–Crippen LogP) is 1.37. The third kappa shape index (κ3) is 3.10. The molecule has 2 aromatic rings. The van der Waals surface area contributed by atoms with E-state index in [9.17, 15) is 8.42 Å². The summed E-state index contributed by atoms with van der Waals surface area (Å²) >= 11 is 0. The molecule has 0 N–H and O–H groups in total. The first-order valence-electron chi connectivity index (χ1n) is 5.46. The lowest BCUT2D eigenvalue weighted by Crippen LogP contribution is -2.13. The van der Waals surface area contributed by atoms with Crippen LogP contribution in [0.2, 0.25) is 0 Å². The van der Waals surface area contributed by atoms with Gasteiger partial charge in [-0.15, -0.1) is 0 Å². The maximum absolute atomic E-state index is 11.4. The summed E-state index contributed by atoms with van der Waals surface area (Å²) in [6.07, 6.45) is 4.24. The Kier molecular flexibility index (Phi) is 3.66. The Balaban J connectivity index is 1.98. The molecule has 1 heterocycles. The van der Waals surface area contributed by atoms with Gasteiger partial charge in [-0.25, -0.2) is 13.4 Å². The van der Waals surface area contributed by atoms with Crippen molar-refractivity contribution in [3.8, 4) is 5.75 Å². The number of imidazole rings is 1. The molecule has 0 radical (unpaired) electrons. The largest absolute Gasteiger partial charge is 0.492 e. The molecular weight excluding hydrogens is 252 g/mol. The number of ether oxygens (including phenoxy) is 1. The highest BCUT2D eigenvalue weighted by Crippen LogP contribution is 2.09. The average Bonchev–Trinajstić information content (AvgIpc) is 2.78. The van der Waals surface area contributed by atoms with E-state index in [1.165, 1.54) is 6.20 Å². The van der Waals surface area contributed by atoms with Gasteiger partial charge < -0.3 is 9.30 Å². The van der Waals surface area contributed by atoms with Crippen molar-refractivity contribution >= 4 is 9.84 Å². The molecule has 0 fully saturated rings. The van der Waals surface area contributed by atoms with E-state index in [2.05, 4.69) is 4.98 Å². The molecular formula is C12H14N2O3S. The van der Waals surface area contributed by atoms with Gasteiger partial charge in [-0.1, -0.05) is 18.2 Å². The molecule has 0 aliphatic carbocycles. The van der Waals surface area contributed by atoms with Gasteiger partial charge in [0.25, 0.3) is 0 Å². The van der Waals surface area contributed by atoms with Crippen molar-refractivity contribution in [2.75, 3.05) is 12.9 Å². The number of hydrogen-bond donors (Lipinski definition) is 0. The Bertz CT molecular complexity index is 605. The van der Waals surface area contributed by atoms with E-state index in [1.807, 2.05) is 30.3 Å². The summed E-state index contributed by atoms with van der Waals surface area (Å²) in [4.78, 5) is 3.83. The number of sulfone groups is 1. The Morgan fingerprint density at radius 3 is 2.67 bits per heavy atom. The van der Waals surface area contributed by atoms with Gasteiger partial charge in [0.2, 0.25) is 15.0 Å². The van der Waals surface area contributed by atoms with E-state index in [1.54, 1.807) is 10.8 Å². The fourth-order valence-corrected chi connectivity index (χ4v) is 2.40. The van der Waals surface area contributed by atoms with Gasteiger partial charge >= 0.3 is 0 Å². The molecule has 0 atom stereocenters. The fraction of sp³-hybridized carbons (Fsp3) is 0.250. The summed E-state index contributed by atoms with van der Waals surface area (Å²) < 4.78 is 29.9. The molecule has 5 nitrogen and oxygen atoms in total. The van der Waals surface area contributed by atoms with E-state index in [0.29, 0.717) is 13.2 Å². The number of nitrogens with zero attached hydrogens (tertiary/aromatic N) is 2. The van der Waals surface area contributed by atoms with Gasteiger partial charge in [0.1, 0.15) is 12.4 Å². The normalized spacial score (nSPS) is 11.4. The fourth-order valence-electron chi connectivity index (χ4n) is 1.57. The highest BCUT2D eigenvalue weighted by molar-refractivity contribution is 7.90. The first-order chi connectivity index (χ1) is 8.57. The minimum absolute atomic E-state index is 0.0687. The van der Waals surface area contributed by atoms with Crippen LogP contribution < -0.4 is 4.74 Å². The summed E-state index contributed by atoms with van der Waals surface area (Å²) in [5.74, 6) is 0.763. The quantitative estimate of drug-likeness (QED) is 0.820. The molecule has 0 bridgehead atoms. The van der Waals surface area contributed by atoms with E-state index in [0.717, 1.165) is 12.0 Å². The van der Waals surface area contributed by atoms with E-state index in [-0.39, 0.29) is 5.16 Å². The van der Waals surface area contributed by atoms with Gasteiger partial charge in [0, 0.05) is 18.6 Å². The maximum Gasteiger partial charge on any atom is 0.227 e. The lowest BCUT2D eigenvalue weighted by Gasteiger charge is -2.08. The molecule has 1 aromatic carbocycles. The standard InChI is InChI=1S/C12H14N2O3S/c1-18(15,16)12-13-7-8-14(12)9-10-17-11-5-3-2-4-6-11/h2-8H,9-10H2,1H3. The maximum atomic E-state index is 11.4. The number of aromatic nitrogens is 2. The molecule has 1 aromatic heterocycles. The van der Waals surface area contributed by atoms with Crippen molar-refractivity contribution in [1.82, 2.24) is 9.55 Å². The number of rotatable bonds is 5. The summed E-state index contributed by atoms with van der Waals surface area (Å²) in [6.45, 7) is 0.834. The highest BCUT2D eigenvalue weighted by Gasteiger charge is 2.13. The smallest absolute Gasteiger partial charge is 0.227 e. The van der Waals surface area contributed by atoms with E-state index < -0.39 is 9.84 Å². The first kappa shape index (κ1) is 12.6. The highest BCUT2D eigenvalue weighted by atomic mass is 32.2. The molecule has 0 spiro atoms. The van der Waals surface area contributed by atoms with Crippen LogP contribution in [0.4, 0.5) is 0 Å². The Morgan fingerprint density at radius 2 is 2.00 bits per heavy atom. The molecule has 0 aliphatic heterocycles. The van der Waals surface area contributed by atoms with Crippen molar-refractivity contribution in [3.05, 3.63) is 42.7 Å². The zero-order valence-corrected chi connectivity index (χ0v) is 10.8. The SMILES string of the molecule is CS(=O)(=O)c1nccn1CCOc1ccccc1. The number of benzene rings is 1. The van der Waals surface area contributed by atoms with Crippen LogP contribution in [0.15, 0.2) is 47.9 Å². The van der Waals surface area contributed by atoms with Crippen LogP contribution in [0.25, 0.3) is 0 Å². The average molecular weight is 266 g/mol. The van der Waals surface area contributed by atoms with Gasteiger partial charge in [0.05, 0.1) is 6.54 Å². The van der Waals surface area contributed by atoms with Crippen LogP contribution in [0.5, 0.6) is 5.75 Å². The molecule has 0 saturated carbocycles. The van der Waals surface area contributed by atoms with Gasteiger partial charge in [-0.05, 0) is 12.1 Å². The van der Waals surface area contributed by atoms with Gasteiger partial charge in [-0.3, -0.25) is 0 Å². The Hall–Kier alpha value is -1.82. The topological polar surface area (TPSA) is 61.2 Å². The van der Waals surface area contributed by atoms with Crippen LogP contribution in [0.1, 0.15) is 0 Å². The predicted molar refractivity (Wildman–Crippen MR) is 67.3 cm³/mol. The lowest BCUT2D eigenvalue weighted by atomic mass is 10.3. The molecule has 6 heteroatoms. The van der Waals surface area contributed by atoms with Crippen LogP contribution in [-0.2, 0) is 16.4 Å². The second kappa shape index (κ2) is 5.22. The van der Waals surface area contributed by atoms with Gasteiger partial charge in [-0.2, -0.15) is 0 Å². The molecule has 0 saturated heterocycles. The molecule has 2 rings (SSSR count). The number of para-hydroxylation sites is 1. The summed E-state index contributed by atoms with van der Waals surface area (Å²) in [6, 6.07) is 9.38. The third-order valence-electron chi connectivity index (χ3n) is 2.35. The van der Waals surface area contributed by atoms with Crippen LogP contribution in [-0.4, -0.2) is 30.8 Å². The van der Waals surface area contributed by atoms with Crippen molar-refractivity contribution in [2.45, 2.75) is 11.7 Å². The lowest BCUT2D eigenvalue weighted by molar-refractivity contribution is 0.293. The van der Waals surface area contributed by atoms with Crippen molar-refractivity contribution in [1.29, 1.82) is 0 Å². The van der Waals surface area contributed by atoms with Crippen molar-refractivity contribution in [3.63, 3.8) is 0 Å². The monoisotopic (exact) mass is 266 g/mol. The molecule has 0 unspecified atom stereocenters. The van der Waals surface area contributed by atoms with E-state index >= 15 is 0 Å². The van der Waals surface area contributed by atoms with Gasteiger partial charge in [0.15, 0.2) is 0 Å². The minimum atomic E-state index is -3.29. The second-order valence-corrected chi connectivity index (χ2v) is 5.75. The van der Waals surface area contributed by atoms with Crippen molar-refractivity contribution < 1.29 is 13.2 Å². The Labute approximate surface area is 106 Å². The van der Waals surface area contributed by atoms with Crippen LogP contribution >= 0.6 is 0 Å². The van der Waals surface area contributed by atoms with E-state index in [4.69, 9.17) is 4.74 Å². The molecule has 0 amide bonds. The summed E-state index contributed by atoms with van der Waals surface area (Å²) in [7, 11) is -3.29.